The Bertz CT molecular complexity index is 1090. The van der Waals surface area contributed by atoms with Crippen LogP contribution in [0.4, 0.5) is 4.39 Å². The molecule has 180 valence electrons. The molecule has 1 aromatic carbocycles. The molecule has 33 heavy (non-hydrogen) atoms. The van der Waals surface area contributed by atoms with E-state index < -0.39 is 28.2 Å². The minimum absolute atomic E-state index is 0.00434. The topological polar surface area (TPSA) is 96.2 Å². The number of aromatic carboxylic acids is 1. The molecular formula is C24H30FNO7. The minimum atomic E-state index is -1.48. The highest BCUT2D eigenvalue weighted by Crippen LogP contribution is 2.42. The molecule has 8 nitrogen and oxygen atoms in total. The van der Waals surface area contributed by atoms with Crippen molar-refractivity contribution >= 4 is 5.97 Å². The number of ether oxygens (including phenoxy) is 4. The van der Waals surface area contributed by atoms with E-state index in [-0.39, 0.29) is 18.3 Å². The maximum Gasteiger partial charge on any atom is 0.341 e. The fourth-order valence-corrected chi connectivity index (χ4v) is 4.04. The Morgan fingerprint density at radius 2 is 2.00 bits per heavy atom. The summed E-state index contributed by atoms with van der Waals surface area (Å²) in [5.74, 6) is -1.76. The van der Waals surface area contributed by atoms with Crippen molar-refractivity contribution in [1.29, 1.82) is 0 Å². The second kappa shape index (κ2) is 9.93. The molecule has 0 radical (unpaired) electrons. The number of nitrogens with zero attached hydrogens (tertiary/aromatic N) is 1. The van der Waals surface area contributed by atoms with Crippen LogP contribution in [0.1, 0.15) is 42.2 Å². The summed E-state index contributed by atoms with van der Waals surface area (Å²) in [6.45, 7) is 7.31. The third-order valence-electron chi connectivity index (χ3n) is 5.91. The van der Waals surface area contributed by atoms with Crippen molar-refractivity contribution in [3.05, 3.63) is 45.5 Å². The number of benzene rings is 1. The van der Waals surface area contributed by atoms with Gasteiger partial charge in [-0.2, -0.15) is 0 Å². The van der Waals surface area contributed by atoms with E-state index in [2.05, 4.69) is 0 Å². The highest BCUT2D eigenvalue weighted by Gasteiger charge is 2.39. The van der Waals surface area contributed by atoms with Crippen molar-refractivity contribution in [3.8, 4) is 22.8 Å². The van der Waals surface area contributed by atoms with Crippen molar-refractivity contribution in [2.45, 2.75) is 33.2 Å². The smallest absolute Gasteiger partial charge is 0.341 e. The number of methoxy groups -OCH3 is 2. The lowest BCUT2D eigenvalue weighted by Gasteiger charge is -2.30. The lowest BCUT2D eigenvalue weighted by molar-refractivity contribution is 0.0693. The van der Waals surface area contributed by atoms with Crippen LogP contribution in [0.2, 0.25) is 0 Å². The lowest BCUT2D eigenvalue weighted by atomic mass is 9.86. The highest BCUT2D eigenvalue weighted by molar-refractivity contribution is 5.88. The molecule has 1 aliphatic rings. The van der Waals surface area contributed by atoms with Crippen LogP contribution in [0.15, 0.2) is 23.1 Å². The normalized spacial score (nSPS) is 17.2. The molecule has 1 aliphatic heterocycles. The first-order valence-electron chi connectivity index (χ1n) is 10.7. The molecular weight excluding hydrogens is 433 g/mol. The lowest BCUT2D eigenvalue weighted by Crippen LogP contribution is -2.31. The Morgan fingerprint density at radius 3 is 2.58 bits per heavy atom. The number of carbonyl (C=O) groups is 1. The van der Waals surface area contributed by atoms with E-state index in [0.717, 1.165) is 0 Å². The highest BCUT2D eigenvalue weighted by atomic mass is 19.1. The van der Waals surface area contributed by atoms with Gasteiger partial charge in [-0.15, -0.1) is 0 Å². The zero-order valence-corrected chi connectivity index (χ0v) is 19.6. The quantitative estimate of drug-likeness (QED) is 0.567. The van der Waals surface area contributed by atoms with Gasteiger partial charge in [0.15, 0.2) is 17.3 Å². The maximum absolute atomic E-state index is 15.6. The second-order valence-electron chi connectivity index (χ2n) is 8.78. The van der Waals surface area contributed by atoms with Crippen LogP contribution < -0.4 is 14.9 Å². The fraction of sp³-hybridized carbons (Fsp3) is 0.500. The number of aryl methyl sites for hydroxylation is 1. The number of carboxylic acid groups (broad SMARTS) is 1. The number of aromatic nitrogens is 1. The maximum atomic E-state index is 15.6. The predicted octanol–water partition coefficient (Wildman–Crippen LogP) is 3.68. The number of hydrogen-bond donors (Lipinski definition) is 1. The van der Waals surface area contributed by atoms with Gasteiger partial charge >= 0.3 is 5.97 Å². The Morgan fingerprint density at radius 1 is 1.27 bits per heavy atom. The Hall–Kier alpha value is -2.91. The molecule has 0 bridgehead atoms. The summed E-state index contributed by atoms with van der Waals surface area (Å²) in [5.41, 5.74) is -1.15. The number of carboxylic acids is 1. The molecule has 0 aliphatic carbocycles. The molecule has 0 saturated carbocycles. The van der Waals surface area contributed by atoms with Gasteiger partial charge in [-0.1, -0.05) is 13.8 Å². The molecule has 0 amide bonds. The first-order chi connectivity index (χ1) is 15.6. The van der Waals surface area contributed by atoms with Gasteiger partial charge in [-0.05, 0) is 24.6 Å². The summed E-state index contributed by atoms with van der Waals surface area (Å²) < 4.78 is 39.0. The van der Waals surface area contributed by atoms with Crippen LogP contribution in [0.5, 0.6) is 11.5 Å². The van der Waals surface area contributed by atoms with Gasteiger partial charge in [0.25, 0.3) is 0 Å². The summed E-state index contributed by atoms with van der Waals surface area (Å²) in [5, 5.41) is 9.49. The van der Waals surface area contributed by atoms with Crippen molar-refractivity contribution < 1.29 is 33.2 Å². The molecule has 0 unspecified atom stereocenters. The first kappa shape index (κ1) is 24.7. The van der Waals surface area contributed by atoms with E-state index in [4.69, 9.17) is 18.9 Å². The van der Waals surface area contributed by atoms with Crippen LogP contribution in [0.3, 0.4) is 0 Å². The zero-order valence-electron chi connectivity index (χ0n) is 19.6. The average Bonchev–Trinajstić information content (AvgIpc) is 3.12. The molecule has 1 saturated heterocycles. The molecule has 3 rings (SSSR count). The van der Waals surface area contributed by atoms with Crippen molar-refractivity contribution in [2.75, 3.05) is 40.6 Å². The zero-order chi connectivity index (χ0) is 24.3. The second-order valence-corrected chi connectivity index (χ2v) is 8.78. The average molecular weight is 464 g/mol. The first-order valence-corrected chi connectivity index (χ1v) is 10.7. The summed E-state index contributed by atoms with van der Waals surface area (Å²) in [6.07, 6.45) is 1.90. The van der Waals surface area contributed by atoms with E-state index in [1.54, 1.807) is 26.2 Å². The third-order valence-corrected chi connectivity index (χ3v) is 5.91. The van der Waals surface area contributed by atoms with Crippen molar-refractivity contribution in [1.82, 2.24) is 4.57 Å². The fourth-order valence-electron chi connectivity index (χ4n) is 4.04. The SMILES string of the molecule is COCCCOc1cc(C)c(-c2c(F)c(=O)c(C(=O)O)cn2[C@H]2COCC2(C)C)cc1OC. The van der Waals surface area contributed by atoms with E-state index >= 15 is 4.39 Å². The third kappa shape index (κ3) is 4.89. The molecule has 0 spiro atoms. The van der Waals surface area contributed by atoms with E-state index in [9.17, 15) is 14.7 Å². The molecule has 1 aromatic heterocycles. The van der Waals surface area contributed by atoms with Crippen LogP contribution in [0, 0.1) is 18.2 Å². The largest absolute Gasteiger partial charge is 0.493 e. The summed E-state index contributed by atoms with van der Waals surface area (Å²) >= 11 is 0. The van der Waals surface area contributed by atoms with E-state index in [1.807, 2.05) is 13.8 Å². The Balaban J connectivity index is 2.20. The number of halogens is 1. The monoisotopic (exact) mass is 463 g/mol. The Kier molecular flexibility index (Phi) is 7.44. The molecule has 1 atom stereocenters. The van der Waals surface area contributed by atoms with Gasteiger partial charge in [-0.25, -0.2) is 9.18 Å². The van der Waals surface area contributed by atoms with Gasteiger partial charge < -0.3 is 28.6 Å². The van der Waals surface area contributed by atoms with Gasteiger partial charge in [-0.3, -0.25) is 4.79 Å². The predicted molar refractivity (Wildman–Crippen MR) is 120 cm³/mol. The molecule has 2 heterocycles. The number of pyridine rings is 1. The number of rotatable bonds is 9. The van der Waals surface area contributed by atoms with Gasteiger partial charge in [0.1, 0.15) is 5.56 Å². The molecule has 1 N–H and O–H groups in total. The van der Waals surface area contributed by atoms with Crippen LogP contribution >= 0.6 is 0 Å². The van der Waals surface area contributed by atoms with Gasteiger partial charge in [0.05, 0.1) is 38.7 Å². The van der Waals surface area contributed by atoms with Gasteiger partial charge in [0.2, 0.25) is 5.43 Å². The van der Waals surface area contributed by atoms with Crippen LogP contribution in [0.25, 0.3) is 11.3 Å². The van der Waals surface area contributed by atoms with E-state index in [0.29, 0.717) is 48.9 Å². The standard InChI is InChI=1S/C24H30FNO7/c1-14-9-18(33-8-6-7-30-4)17(31-5)10-15(14)21-20(25)22(27)16(23(28)29)11-26(21)19-12-32-13-24(19,2)3/h9-11,19H,6-8,12-13H2,1-5H3,(H,28,29)/t19-/m0/s1. The summed E-state index contributed by atoms with van der Waals surface area (Å²) in [7, 11) is 3.08. The molecule has 9 heteroatoms. The summed E-state index contributed by atoms with van der Waals surface area (Å²) in [4.78, 5) is 24.3. The van der Waals surface area contributed by atoms with Crippen molar-refractivity contribution in [2.24, 2.45) is 5.41 Å². The van der Waals surface area contributed by atoms with Crippen molar-refractivity contribution in [3.63, 3.8) is 0 Å². The molecule has 2 aromatic rings. The van der Waals surface area contributed by atoms with Crippen LogP contribution in [-0.2, 0) is 9.47 Å². The van der Waals surface area contributed by atoms with E-state index in [1.165, 1.54) is 17.9 Å². The molecule has 1 fully saturated rings. The number of hydrogen-bond acceptors (Lipinski definition) is 6. The van der Waals surface area contributed by atoms with Gasteiger partial charge in [0, 0.05) is 37.3 Å². The Labute approximate surface area is 191 Å². The summed E-state index contributed by atoms with van der Waals surface area (Å²) in [6, 6.07) is 2.95. The van der Waals surface area contributed by atoms with Crippen LogP contribution in [-0.4, -0.2) is 56.3 Å². The minimum Gasteiger partial charge on any atom is -0.493 e.